The van der Waals surface area contributed by atoms with Crippen LogP contribution in [0.2, 0.25) is 0 Å². The number of benzene rings is 1. The van der Waals surface area contributed by atoms with Crippen molar-refractivity contribution in [2.45, 2.75) is 52.4 Å². The van der Waals surface area contributed by atoms with Crippen molar-refractivity contribution in [3.05, 3.63) is 35.4 Å². The molecule has 0 aliphatic carbocycles. The minimum Gasteiger partial charge on any atom is -0.481 e. The molecule has 0 unspecified atom stereocenters. The molecule has 138 valence electrons. The summed E-state index contributed by atoms with van der Waals surface area (Å²) < 4.78 is 11.2. The minimum absolute atomic E-state index is 0.0423. The monoisotopic (exact) mass is 349 g/mol. The highest BCUT2D eigenvalue weighted by atomic mass is 16.5. The molecule has 1 saturated heterocycles. The van der Waals surface area contributed by atoms with Gasteiger partial charge in [0.05, 0.1) is 18.1 Å². The van der Waals surface area contributed by atoms with Gasteiger partial charge < -0.3 is 19.9 Å². The highest BCUT2D eigenvalue weighted by Crippen LogP contribution is 2.20. The summed E-state index contributed by atoms with van der Waals surface area (Å²) in [7, 11) is 0. The van der Waals surface area contributed by atoms with Crippen LogP contribution >= 0.6 is 0 Å². The number of carbonyl (C=O) groups excluding carboxylic acids is 1. The molecule has 2 rings (SSSR count). The van der Waals surface area contributed by atoms with Crippen LogP contribution in [-0.2, 0) is 32.2 Å². The number of hydrogen-bond acceptors (Lipinski definition) is 4. The Morgan fingerprint density at radius 3 is 2.40 bits per heavy atom. The zero-order chi connectivity index (χ0) is 18.3. The maximum Gasteiger partial charge on any atom is 0.309 e. The predicted molar refractivity (Wildman–Crippen MR) is 93.0 cm³/mol. The van der Waals surface area contributed by atoms with Crippen LogP contribution in [0.5, 0.6) is 0 Å². The number of carboxylic acids is 1. The second-order valence-electron chi connectivity index (χ2n) is 7.08. The van der Waals surface area contributed by atoms with E-state index in [4.69, 9.17) is 14.6 Å². The normalized spacial score (nSPS) is 15.8. The van der Waals surface area contributed by atoms with Gasteiger partial charge in [0.15, 0.2) is 0 Å². The molecular formula is C19H27NO5. The lowest BCUT2D eigenvalue weighted by molar-refractivity contribution is -0.149. The van der Waals surface area contributed by atoms with Gasteiger partial charge in [-0.15, -0.1) is 0 Å². The van der Waals surface area contributed by atoms with Crippen molar-refractivity contribution in [2.24, 2.45) is 5.41 Å². The van der Waals surface area contributed by atoms with Gasteiger partial charge in [0.1, 0.15) is 0 Å². The molecule has 0 radical (unpaired) electrons. The van der Waals surface area contributed by atoms with E-state index >= 15 is 0 Å². The lowest BCUT2D eigenvalue weighted by atomic mass is 9.89. The van der Waals surface area contributed by atoms with Crippen molar-refractivity contribution in [3.8, 4) is 0 Å². The Labute approximate surface area is 148 Å². The fourth-order valence-corrected chi connectivity index (χ4v) is 2.55. The zero-order valence-electron chi connectivity index (χ0n) is 14.9. The summed E-state index contributed by atoms with van der Waals surface area (Å²) in [5.41, 5.74) is 1.000. The first-order valence-corrected chi connectivity index (χ1v) is 8.64. The first-order chi connectivity index (χ1) is 11.9. The lowest BCUT2D eigenvalue weighted by Gasteiger charge is -2.22. The number of hydrogen-bond donors (Lipinski definition) is 2. The first-order valence-electron chi connectivity index (χ1n) is 8.64. The van der Waals surface area contributed by atoms with E-state index in [1.165, 1.54) is 0 Å². The van der Waals surface area contributed by atoms with Gasteiger partial charge in [0.2, 0.25) is 5.91 Å². The van der Waals surface area contributed by atoms with Gasteiger partial charge in [-0.1, -0.05) is 24.3 Å². The Balaban J connectivity index is 1.74. The van der Waals surface area contributed by atoms with Gasteiger partial charge in [0, 0.05) is 26.2 Å². The molecule has 1 aromatic rings. The standard InChI is InChI=1S/C19H27NO5/c1-19(2,18(22)23)11-17(21)20-12-14-3-5-15(6-4-14)13-25-16-7-9-24-10-8-16/h3-6,16H,7-13H2,1-2H3,(H,20,21)(H,22,23). The van der Waals surface area contributed by atoms with Crippen molar-refractivity contribution >= 4 is 11.9 Å². The van der Waals surface area contributed by atoms with Gasteiger partial charge in [0.25, 0.3) is 0 Å². The molecule has 2 N–H and O–H groups in total. The third-order valence-corrected chi connectivity index (χ3v) is 4.35. The molecular weight excluding hydrogens is 322 g/mol. The number of nitrogens with one attached hydrogen (secondary N) is 1. The average molecular weight is 349 g/mol. The smallest absolute Gasteiger partial charge is 0.309 e. The fraction of sp³-hybridized carbons (Fsp3) is 0.579. The molecule has 0 aromatic heterocycles. The third kappa shape index (κ3) is 6.48. The zero-order valence-corrected chi connectivity index (χ0v) is 14.9. The van der Waals surface area contributed by atoms with Crippen LogP contribution in [0, 0.1) is 5.41 Å². The quantitative estimate of drug-likeness (QED) is 0.753. The van der Waals surface area contributed by atoms with Crippen molar-refractivity contribution in [1.82, 2.24) is 5.32 Å². The van der Waals surface area contributed by atoms with Crippen LogP contribution in [0.4, 0.5) is 0 Å². The first kappa shape index (κ1) is 19.4. The Hall–Kier alpha value is -1.92. The Morgan fingerprint density at radius 2 is 1.80 bits per heavy atom. The second kappa shape index (κ2) is 8.97. The average Bonchev–Trinajstić information content (AvgIpc) is 2.59. The molecule has 1 aromatic carbocycles. The molecule has 1 aliphatic rings. The molecule has 0 bridgehead atoms. The van der Waals surface area contributed by atoms with Crippen LogP contribution in [0.3, 0.4) is 0 Å². The van der Waals surface area contributed by atoms with Crippen LogP contribution in [0.25, 0.3) is 0 Å². The van der Waals surface area contributed by atoms with Crippen molar-refractivity contribution in [2.75, 3.05) is 13.2 Å². The molecule has 25 heavy (non-hydrogen) atoms. The SMILES string of the molecule is CC(C)(CC(=O)NCc1ccc(COC2CCOCC2)cc1)C(=O)O. The van der Waals surface area contributed by atoms with Gasteiger partial charge in [-0.05, 0) is 37.8 Å². The van der Waals surface area contributed by atoms with E-state index in [0.29, 0.717) is 13.2 Å². The maximum atomic E-state index is 11.9. The summed E-state index contributed by atoms with van der Waals surface area (Å²) in [6.45, 7) is 5.58. The molecule has 1 fully saturated rings. The summed E-state index contributed by atoms with van der Waals surface area (Å²) in [6.07, 6.45) is 2.11. The topological polar surface area (TPSA) is 84.9 Å². The number of amides is 1. The molecule has 1 aliphatic heterocycles. The minimum atomic E-state index is -1.06. The van der Waals surface area contributed by atoms with Crippen LogP contribution in [-0.4, -0.2) is 36.3 Å². The van der Waals surface area contributed by atoms with E-state index in [0.717, 1.165) is 37.2 Å². The van der Waals surface area contributed by atoms with E-state index < -0.39 is 11.4 Å². The van der Waals surface area contributed by atoms with Crippen LogP contribution in [0.15, 0.2) is 24.3 Å². The van der Waals surface area contributed by atoms with Gasteiger partial charge >= 0.3 is 5.97 Å². The van der Waals surface area contributed by atoms with Crippen LogP contribution in [0.1, 0.15) is 44.2 Å². The summed E-state index contributed by atoms with van der Waals surface area (Å²) in [6, 6.07) is 7.88. The largest absolute Gasteiger partial charge is 0.481 e. The fourth-order valence-electron chi connectivity index (χ4n) is 2.55. The molecule has 0 atom stereocenters. The van der Waals surface area contributed by atoms with Gasteiger partial charge in [-0.25, -0.2) is 0 Å². The summed E-state index contributed by atoms with van der Waals surface area (Å²) in [4.78, 5) is 22.9. The number of carbonyl (C=O) groups is 2. The summed E-state index contributed by atoms with van der Waals surface area (Å²) in [5, 5.41) is 11.8. The summed E-state index contributed by atoms with van der Waals surface area (Å²) in [5.74, 6) is -1.24. The van der Waals surface area contributed by atoms with E-state index in [1.807, 2.05) is 24.3 Å². The predicted octanol–water partition coefficient (Wildman–Crippen LogP) is 2.50. The van der Waals surface area contributed by atoms with Gasteiger partial charge in [-0.3, -0.25) is 9.59 Å². The molecule has 0 saturated carbocycles. The Bertz CT molecular complexity index is 576. The highest BCUT2D eigenvalue weighted by Gasteiger charge is 2.29. The number of rotatable bonds is 8. The maximum absolute atomic E-state index is 11.9. The van der Waals surface area contributed by atoms with E-state index in [9.17, 15) is 9.59 Å². The van der Waals surface area contributed by atoms with Gasteiger partial charge in [-0.2, -0.15) is 0 Å². The molecule has 6 nitrogen and oxygen atoms in total. The molecule has 1 amide bonds. The second-order valence-corrected chi connectivity index (χ2v) is 7.08. The Morgan fingerprint density at radius 1 is 1.20 bits per heavy atom. The van der Waals surface area contributed by atoms with E-state index in [1.54, 1.807) is 13.8 Å². The van der Waals surface area contributed by atoms with E-state index in [2.05, 4.69) is 5.32 Å². The molecule has 6 heteroatoms. The van der Waals surface area contributed by atoms with Crippen molar-refractivity contribution in [1.29, 1.82) is 0 Å². The van der Waals surface area contributed by atoms with Crippen molar-refractivity contribution in [3.63, 3.8) is 0 Å². The lowest BCUT2D eigenvalue weighted by Crippen LogP contribution is -2.33. The summed E-state index contributed by atoms with van der Waals surface area (Å²) >= 11 is 0. The molecule has 1 heterocycles. The Kier molecular flexibility index (Phi) is 6.96. The number of ether oxygens (including phenoxy) is 2. The van der Waals surface area contributed by atoms with Crippen molar-refractivity contribution < 1.29 is 24.2 Å². The number of carboxylic acid groups (broad SMARTS) is 1. The van der Waals surface area contributed by atoms with Crippen LogP contribution < -0.4 is 5.32 Å². The molecule has 0 spiro atoms. The third-order valence-electron chi connectivity index (χ3n) is 4.35. The number of aliphatic carboxylic acids is 1. The highest BCUT2D eigenvalue weighted by molar-refractivity contribution is 5.84. The van der Waals surface area contributed by atoms with E-state index in [-0.39, 0.29) is 18.4 Å².